The highest BCUT2D eigenvalue weighted by atomic mass is 33.1. The molecule has 0 aromatic heterocycles. The molecule has 0 aromatic carbocycles. The van der Waals surface area contributed by atoms with Crippen molar-refractivity contribution in [2.24, 2.45) is 5.92 Å². The fourth-order valence-electron chi connectivity index (χ4n) is 2.36. The molecule has 14 heavy (non-hydrogen) atoms. The summed E-state index contributed by atoms with van der Waals surface area (Å²) in [4.78, 5) is 11.2. The number of aliphatic carboxylic acids is 1. The van der Waals surface area contributed by atoms with Gasteiger partial charge in [0.1, 0.15) is 0 Å². The average Bonchev–Trinajstić information content (AvgIpc) is 2.02. The monoisotopic (exact) mass is 236 g/mol. The fraction of sp³-hybridized carbons (Fsp3) is 0.900. The highest BCUT2D eigenvalue weighted by Crippen LogP contribution is 2.54. The zero-order valence-corrected chi connectivity index (χ0v) is 10.6. The average molecular weight is 236 g/mol. The van der Waals surface area contributed by atoms with E-state index >= 15 is 0 Å². The van der Waals surface area contributed by atoms with Gasteiger partial charge in [0.25, 0.3) is 0 Å². The smallest absolute Gasteiger partial charge is 0.316 e. The molecule has 0 aromatic rings. The van der Waals surface area contributed by atoms with Crippen molar-refractivity contribution < 1.29 is 9.90 Å². The molecule has 2 nitrogen and oxygen atoms in total. The second-order valence-electron chi connectivity index (χ2n) is 4.51. The molecule has 1 atom stereocenters. The molecule has 0 bridgehead atoms. The van der Waals surface area contributed by atoms with Gasteiger partial charge in [0.15, 0.2) is 0 Å². The topological polar surface area (TPSA) is 37.3 Å². The fourth-order valence-corrected chi connectivity index (χ4v) is 4.85. The van der Waals surface area contributed by atoms with Gasteiger partial charge in [-0.05, 0) is 31.3 Å². The van der Waals surface area contributed by atoms with Crippen molar-refractivity contribution in [3.05, 3.63) is 0 Å². The lowest BCUT2D eigenvalue weighted by atomic mass is 9.87. The molecular weight excluding hydrogens is 216 g/mol. The third-order valence-corrected chi connectivity index (χ3v) is 5.45. The molecule has 0 spiro atoms. The predicted molar refractivity (Wildman–Crippen MR) is 66.4 cm³/mol. The Morgan fingerprint density at radius 2 is 1.86 bits per heavy atom. The quantitative estimate of drug-likeness (QED) is 0.584. The summed E-state index contributed by atoms with van der Waals surface area (Å²) in [7, 11) is -1.27. The molecule has 1 saturated carbocycles. The maximum Gasteiger partial charge on any atom is 0.316 e. The Morgan fingerprint density at radius 1 is 1.36 bits per heavy atom. The second kappa shape index (κ2) is 4.79. The van der Waals surface area contributed by atoms with Crippen molar-refractivity contribution in [3.8, 4) is 0 Å². The van der Waals surface area contributed by atoms with Crippen LogP contribution in [0.4, 0.5) is 0 Å². The number of carbonyl (C=O) groups is 1. The number of carboxylic acids is 1. The van der Waals surface area contributed by atoms with Gasteiger partial charge >= 0.3 is 5.97 Å². The molecular formula is C10H20O2S2. The summed E-state index contributed by atoms with van der Waals surface area (Å²) in [5.74, 6) is -0.282. The summed E-state index contributed by atoms with van der Waals surface area (Å²) in [5, 5.41) is 9.02. The van der Waals surface area contributed by atoms with Gasteiger partial charge in [-0.1, -0.05) is 19.3 Å². The molecule has 1 fully saturated rings. The molecule has 84 valence electrons. The lowest BCUT2D eigenvalue weighted by Crippen LogP contribution is -2.33. The molecule has 1 N–H and O–H groups in total. The first-order valence-corrected chi connectivity index (χ1v) is 8.67. The van der Waals surface area contributed by atoms with Gasteiger partial charge in [-0.3, -0.25) is 4.79 Å². The second-order valence-corrected chi connectivity index (χ2v) is 10.5. The van der Waals surface area contributed by atoms with E-state index in [0.717, 1.165) is 12.8 Å². The summed E-state index contributed by atoms with van der Waals surface area (Å²) < 4.78 is 0. The van der Waals surface area contributed by atoms with E-state index in [-0.39, 0.29) is 5.25 Å². The Labute approximate surface area is 92.6 Å². The van der Waals surface area contributed by atoms with E-state index in [0.29, 0.717) is 5.92 Å². The molecule has 0 saturated heterocycles. The van der Waals surface area contributed by atoms with Crippen LogP contribution in [-0.4, -0.2) is 28.8 Å². The first kappa shape index (κ1) is 12.2. The van der Waals surface area contributed by atoms with Gasteiger partial charge in [0, 0.05) is 0 Å². The van der Waals surface area contributed by atoms with E-state index in [1.165, 1.54) is 19.3 Å². The molecule has 0 unspecified atom stereocenters. The minimum atomic E-state index is -1.27. The zero-order valence-electron chi connectivity index (χ0n) is 8.90. The molecule has 1 rings (SSSR count). The van der Waals surface area contributed by atoms with Gasteiger partial charge < -0.3 is 5.11 Å². The Kier molecular flexibility index (Phi) is 4.19. The van der Waals surface area contributed by atoms with Crippen LogP contribution in [0.25, 0.3) is 0 Å². The predicted octanol–water partition coefficient (Wildman–Crippen LogP) is 2.93. The Hall–Kier alpha value is 0.170. The summed E-state index contributed by atoms with van der Waals surface area (Å²) in [6.45, 7) is 0. The first-order valence-electron chi connectivity index (χ1n) is 5.10. The number of hydrogen-bond acceptors (Lipinski definition) is 2. The van der Waals surface area contributed by atoms with Crippen LogP contribution in [0.15, 0.2) is 0 Å². The largest absolute Gasteiger partial charge is 0.480 e. The highest BCUT2D eigenvalue weighted by molar-refractivity contribution is 8.87. The van der Waals surface area contributed by atoms with Crippen molar-refractivity contribution in [2.45, 2.75) is 37.4 Å². The van der Waals surface area contributed by atoms with Crippen LogP contribution in [0.2, 0.25) is 0 Å². The SMILES string of the molecule is CS(C)(S)[C@H](C(=O)O)C1CCCCC1. The molecule has 1 aliphatic carbocycles. The lowest BCUT2D eigenvalue weighted by molar-refractivity contribution is -0.137. The zero-order chi connectivity index (χ0) is 10.8. The van der Waals surface area contributed by atoms with E-state index in [9.17, 15) is 9.90 Å². The summed E-state index contributed by atoms with van der Waals surface area (Å²) in [5.41, 5.74) is 0. The maximum absolute atomic E-state index is 11.2. The summed E-state index contributed by atoms with van der Waals surface area (Å²) in [6, 6.07) is 0. The summed E-state index contributed by atoms with van der Waals surface area (Å²) >= 11 is 4.50. The van der Waals surface area contributed by atoms with Gasteiger partial charge in [0.05, 0.1) is 5.25 Å². The number of hydrogen-bond donors (Lipinski definition) is 2. The van der Waals surface area contributed by atoms with Crippen LogP contribution in [0.3, 0.4) is 0 Å². The van der Waals surface area contributed by atoms with E-state index in [1.54, 1.807) is 0 Å². The van der Waals surface area contributed by atoms with Crippen molar-refractivity contribution in [3.63, 3.8) is 0 Å². The van der Waals surface area contributed by atoms with E-state index in [2.05, 4.69) is 11.7 Å². The van der Waals surface area contributed by atoms with Crippen LogP contribution in [-0.2, 0) is 4.79 Å². The number of thiol groups is 1. The van der Waals surface area contributed by atoms with Gasteiger partial charge in [-0.25, -0.2) is 0 Å². The molecule has 0 heterocycles. The molecule has 0 aliphatic heterocycles. The van der Waals surface area contributed by atoms with Crippen LogP contribution in [0, 0.1) is 5.92 Å². The number of carboxylic acid groups (broad SMARTS) is 1. The standard InChI is InChI=1S/C10H20O2S2/c1-14(2,13)9(10(11)12)8-6-4-3-5-7-8/h8-9,13H,3-7H2,1-2H3,(H,11,12)/t9-/m0/s1. The van der Waals surface area contributed by atoms with Gasteiger partial charge in [0.2, 0.25) is 0 Å². The summed E-state index contributed by atoms with van der Waals surface area (Å²) in [6.07, 6.45) is 9.79. The van der Waals surface area contributed by atoms with Gasteiger partial charge in [-0.15, -0.1) is 11.7 Å². The van der Waals surface area contributed by atoms with Crippen LogP contribution in [0.5, 0.6) is 0 Å². The Bertz CT molecular complexity index is 205. The van der Waals surface area contributed by atoms with Crippen molar-refractivity contribution in [2.75, 3.05) is 12.5 Å². The van der Waals surface area contributed by atoms with Crippen LogP contribution in [0.1, 0.15) is 32.1 Å². The molecule has 0 radical (unpaired) electrons. The minimum Gasteiger partial charge on any atom is -0.480 e. The molecule has 4 heteroatoms. The first-order chi connectivity index (χ1) is 6.43. The Morgan fingerprint density at radius 3 is 2.21 bits per heavy atom. The highest BCUT2D eigenvalue weighted by Gasteiger charge is 2.36. The third kappa shape index (κ3) is 3.09. The molecule has 0 amide bonds. The van der Waals surface area contributed by atoms with E-state index in [4.69, 9.17) is 0 Å². The van der Waals surface area contributed by atoms with E-state index in [1.807, 2.05) is 12.5 Å². The van der Waals surface area contributed by atoms with Crippen molar-refractivity contribution in [1.82, 2.24) is 0 Å². The van der Waals surface area contributed by atoms with Crippen molar-refractivity contribution >= 4 is 26.7 Å². The van der Waals surface area contributed by atoms with Crippen molar-refractivity contribution in [1.29, 1.82) is 0 Å². The molecule has 1 aliphatic rings. The van der Waals surface area contributed by atoms with Gasteiger partial charge in [-0.2, -0.15) is 9.06 Å². The Balaban J connectivity index is 2.71. The van der Waals surface area contributed by atoms with E-state index < -0.39 is 15.0 Å². The third-order valence-electron chi connectivity index (χ3n) is 2.94. The number of rotatable bonds is 3. The normalized spacial score (nSPS) is 23.1. The van der Waals surface area contributed by atoms with Crippen LogP contribution < -0.4 is 0 Å². The lowest BCUT2D eigenvalue weighted by Gasteiger charge is -2.38. The minimum absolute atomic E-state index is 0.217. The van der Waals surface area contributed by atoms with Crippen LogP contribution >= 0.6 is 20.7 Å². The maximum atomic E-state index is 11.2.